The van der Waals surface area contributed by atoms with E-state index in [0.717, 1.165) is 66.1 Å². The van der Waals surface area contributed by atoms with E-state index in [0.29, 0.717) is 23.5 Å². The van der Waals surface area contributed by atoms with Gasteiger partial charge >= 0.3 is 0 Å². The molecular formula is C33H40N4O3S2. The summed E-state index contributed by atoms with van der Waals surface area (Å²) in [5, 5.41) is 3.53. The minimum absolute atomic E-state index is 0.0432. The molecule has 0 fully saturated rings. The molecule has 0 spiro atoms. The Morgan fingerprint density at radius 1 is 0.976 bits per heavy atom. The Morgan fingerprint density at radius 2 is 1.79 bits per heavy atom. The first kappa shape index (κ1) is 30.0. The minimum Gasteiger partial charge on any atom is -0.494 e. The Morgan fingerprint density at radius 3 is 2.62 bits per heavy atom. The van der Waals surface area contributed by atoms with Crippen molar-refractivity contribution in [2.24, 2.45) is 5.41 Å². The van der Waals surface area contributed by atoms with Gasteiger partial charge in [-0.05, 0) is 66.0 Å². The summed E-state index contributed by atoms with van der Waals surface area (Å²) in [6.07, 6.45) is 5.15. The molecule has 3 heterocycles. The second-order valence-corrected chi connectivity index (χ2v) is 14.7. The molecule has 0 saturated carbocycles. The van der Waals surface area contributed by atoms with E-state index in [1.165, 1.54) is 23.0 Å². The van der Waals surface area contributed by atoms with E-state index >= 15 is 0 Å². The number of nitrogens with zero attached hydrogens (tertiary/aromatic N) is 2. The lowest BCUT2D eigenvalue weighted by atomic mass is 9.89. The van der Waals surface area contributed by atoms with Gasteiger partial charge in [-0.2, -0.15) is 8.42 Å². The predicted octanol–water partition coefficient (Wildman–Crippen LogP) is 8.58. The Labute approximate surface area is 253 Å². The Hall–Kier alpha value is -3.43. The first-order valence-electron chi connectivity index (χ1n) is 14.7. The molecule has 1 atom stereocenters. The largest absolute Gasteiger partial charge is 0.494 e. The molecule has 1 unspecified atom stereocenters. The summed E-state index contributed by atoms with van der Waals surface area (Å²) in [6.45, 7) is 10.2. The number of hydrogen-bond acceptors (Lipinski definition) is 7. The molecule has 1 aliphatic rings. The van der Waals surface area contributed by atoms with E-state index in [9.17, 15) is 8.42 Å². The normalized spacial score (nSPS) is 17.3. The highest BCUT2D eigenvalue weighted by Crippen LogP contribution is 2.43. The number of aromatic nitrogens is 2. The fraction of sp³-hybridized carbons (Fsp3) is 0.394. The summed E-state index contributed by atoms with van der Waals surface area (Å²) in [7, 11) is -3.96. The third-order valence-electron chi connectivity index (χ3n) is 7.43. The topological polar surface area (TPSA) is 93.2 Å². The second-order valence-electron chi connectivity index (χ2n) is 12.1. The number of fused-ring (bicyclic) bond motifs is 6. The van der Waals surface area contributed by atoms with Crippen molar-refractivity contribution in [3.05, 3.63) is 72.3 Å². The van der Waals surface area contributed by atoms with E-state index in [1.807, 2.05) is 30.3 Å². The Balaban J connectivity index is 1.59. The number of anilines is 2. The van der Waals surface area contributed by atoms with Gasteiger partial charge in [-0.25, -0.2) is 9.97 Å². The Kier molecular flexibility index (Phi) is 9.18. The van der Waals surface area contributed by atoms with Gasteiger partial charge < -0.3 is 10.1 Å². The van der Waals surface area contributed by atoms with E-state index in [4.69, 9.17) is 9.72 Å². The molecule has 1 aliphatic heterocycles. The fourth-order valence-corrected chi connectivity index (χ4v) is 7.22. The molecule has 4 aromatic rings. The molecule has 0 amide bonds. The van der Waals surface area contributed by atoms with Gasteiger partial charge in [0.05, 0.1) is 17.2 Å². The highest BCUT2D eigenvalue weighted by Gasteiger charge is 2.24. The molecule has 2 aromatic heterocycles. The number of ether oxygens (including phenoxy) is 1. The van der Waals surface area contributed by atoms with Gasteiger partial charge in [-0.3, -0.25) is 4.72 Å². The third-order valence-corrected chi connectivity index (χ3v) is 9.82. The fourth-order valence-electron chi connectivity index (χ4n) is 5.04. The van der Waals surface area contributed by atoms with Crippen LogP contribution in [0.4, 0.5) is 10.9 Å². The van der Waals surface area contributed by atoms with Gasteiger partial charge in [-0.15, -0.1) is 0 Å². The summed E-state index contributed by atoms with van der Waals surface area (Å²) in [5.74, 6) is 1.65. The van der Waals surface area contributed by atoms with Crippen LogP contribution in [-0.4, -0.2) is 31.5 Å². The summed E-state index contributed by atoms with van der Waals surface area (Å²) in [5.41, 5.74) is 4.11. The van der Waals surface area contributed by atoms with Crippen LogP contribution in [0.5, 0.6) is 5.75 Å². The van der Waals surface area contributed by atoms with Crippen LogP contribution in [0.2, 0.25) is 0 Å². The van der Waals surface area contributed by atoms with E-state index < -0.39 is 10.0 Å². The summed E-state index contributed by atoms with van der Waals surface area (Å²) in [6, 6.07) is 21.3. The average molecular weight is 605 g/mol. The van der Waals surface area contributed by atoms with Crippen molar-refractivity contribution in [3.8, 4) is 27.4 Å². The van der Waals surface area contributed by atoms with Crippen molar-refractivity contribution in [2.45, 2.75) is 70.7 Å². The van der Waals surface area contributed by atoms with Gasteiger partial charge in [0.2, 0.25) is 0 Å². The maximum Gasteiger partial charge on any atom is 0.281 e. The first-order valence-corrected chi connectivity index (χ1v) is 17.0. The van der Waals surface area contributed by atoms with Gasteiger partial charge in [0.25, 0.3) is 10.0 Å². The smallest absolute Gasteiger partial charge is 0.281 e. The van der Waals surface area contributed by atoms with Crippen molar-refractivity contribution < 1.29 is 13.2 Å². The summed E-state index contributed by atoms with van der Waals surface area (Å²) >= 11 is 1.32. The van der Waals surface area contributed by atoms with Gasteiger partial charge in [0.15, 0.2) is 10.2 Å². The van der Waals surface area contributed by atoms with Crippen molar-refractivity contribution in [3.63, 3.8) is 0 Å². The van der Waals surface area contributed by atoms with Crippen LogP contribution in [-0.2, 0) is 10.0 Å². The number of rotatable bonds is 4. The SMILES string of the molecule is CC1CCCCCNc2cccc(n2)S(=O)(=O)Nc2nc(c(-c3cccc(OCCC(C)(C)C)c3)s2)-c2ccccc21. The second kappa shape index (κ2) is 12.8. The van der Waals surface area contributed by atoms with Crippen LogP contribution < -0.4 is 14.8 Å². The van der Waals surface area contributed by atoms with Crippen molar-refractivity contribution >= 4 is 32.3 Å². The molecule has 0 radical (unpaired) electrons. The highest BCUT2D eigenvalue weighted by molar-refractivity contribution is 7.92. The molecule has 9 heteroatoms. The summed E-state index contributed by atoms with van der Waals surface area (Å²) < 4.78 is 35.8. The average Bonchev–Trinajstić information content (AvgIpc) is 3.37. The maximum absolute atomic E-state index is 13.5. The quantitative estimate of drug-likeness (QED) is 0.242. The van der Waals surface area contributed by atoms with E-state index in [1.54, 1.807) is 12.1 Å². The standard InChI is InChI=1S/C33H40N4O3S2/c1-23-12-6-5-9-20-34-28-17-11-18-29(35-28)42(38,39)37-32-36-30(27-16-8-7-15-26(23)27)31(41-32)24-13-10-14-25(22-24)40-21-19-33(2,3)4/h7-8,10-11,13-18,22-23H,5-6,9,12,19-21H2,1-4H3,(H,34,35)(H,36,37). The number of benzene rings is 2. The van der Waals surface area contributed by atoms with Crippen LogP contribution in [0.15, 0.2) is 71.8 Å². The van der Waals surface area contributed by atoms with Crippen LogP contribution >= 0.6 is 11.3 Å². The molecule has 2 aromatic carbocycles. The number of pyridine rings is 1. The molecule has 222 valence electrons. The lowest BCUT2D eigenvalue weighted by molar-refractivity contribution is 0.243. The molecule has 2 N–H and O–H groups in total. The van der Waals surface area contributed by atoms with Gasteiger partial charge in [-0.1, -0.05) is 94.3 Å². The first-order chi connectivity index (χ1) is 20.1. The zero-order valence-corrected chi connectivity index (χ0v) is 26.4. The Bertz CT molecular complexity index is 1630. The van der Waals surface area contributed by atoms with E-state index in [-0.39, 0.29) is 10.4 Å². The zero-order chi connectivity index (χ0) is 29.7. The zero-order valence-electron chi connectivity index (χ0n) is 24.8. The van der Waals surface area contributed by atoms with E-state index in [2.05, 4.69) is 60.9 Å². The number of sulfonamides is 1. The van der Waals surface area contributed by atoms with Crippen LogP contribution in [0, 0.1) is 5.41 Å². The molecule has 7 nitrogen and oxygen atoms in total. The third kappa shape index (κ3) is 7.50. The monoisotopic (exact) mass is 604 g/mol. The molecular weight excluding hydrogens is 565 g/mol. The molecule has 5 rings (SSSR count). The lowest BCUT2D eigenvalue weighted by Crippen LogP contribution is -2.15. The molecule has 0 saturated heterocycles. The van der Waals surface area contributed by atoms with Crippen LogP contribution in [0.25, 0.3) is 21.7 Å². The van der Waals surface area contributed by atoms with Gasteiger partial charge in [0.1, 0.15) is 11.6 Å². The van der Waals surface area contributed by atoms with Crippen molar-refractivity contribution in [1.29, 1.82) is 0 Å². The summed E-state index contributed by atoms with van der Waals surface area (Å²) in [4.78, 5) is 10.2. The maximum atomic E-state index is 13.5. The van der Waals surface area contributed by atoms with Crippen molar-refractivity contribution in [2.75, 3.05) is 23.2 Å². The number of nitrogens with one attached hydrogen (secondary N) is 2. The van der Waals surface area contributed by atoms with Crippen molar-refractivity contribution in [1.82, 2.24) is 9.97 Å². The highest BCUT2D eigenvalue weighted by atomic mass is 32.2. The lowest BCUT2D eigenvalue weighted by Gasteiger charge is -2.18. The number of thiazole rings is 1. The van der Waals surface area contributed by atoms with Crippen LogP contribution in [0.1, 0.15) is 71.3 Å². The molecule has 4 bridgehead atoms. The van der Waals surface area contributed by atoms with Gasteiger partial charge in [0, 0.05) is 12.1 Å². The van der Waals surface area contributed by atoms with Crippen LogP contribution in [0.3, 0.4) is 0 Å². The molecule has 0 aliphatic carbocycles. The molecule has 42 heavy (non-hydrogen) atoms. The minimum atomic E-state index is -3.96. The number of hydrogen-bond donors (Lipinski definition) is 2. The predicted molar refractivity (Wildman–Crippen MR) is 173 cm³/mol.